The molecule has 1 aromatic heterocycles. The molecule has 27 heavy (non-hydrogen) atoms. The SMILES string of the molecule is O=C(CSc1nc(=O)n(CCCO)c2c1CCC2)Nc1ccc(Cl)c(Cl)c1. The van der Waals surface area contributed by atoms with Crippen molar-refractivity contribution in [2.24, 2.45) is 0 Å². The van der Waals surface area contributed by atoms with Crippen LogP contribution in [-0.2, 0) is 24.2 Å². The number of anilines is 1. The second-order valence-electron chi connectivity index (χ2n) is 6.17. The molecule has 0 atom stereocenters. The van der Waals surface area contributed by atoms with Gasteiger partial charge in [0.25, 0.3) is 0 Å². The smallest absolute Gasteiger partial charge is 0.348 e. The fraction of sp³-hybridized carbons (Fsp3) is 0.389. The first-order chi connectivity index (χ1) is 13.0. The van der Waals surface area contributed by atoms with Crippen LogP contribution in [0.25, 0.3) is 0 Å². The fourth-order valence-electron chi connectivity index (χ4n) is 3.07. The van der Waals surface area contributed by atoms with Crippen molar-refractivity contribution in [3.63, 3.8) is 0 Å². The van der Waals surface area contributed by atoms with E-state index in [0.717, 1.165) is 30.5 Å². The monoisotopic (exact) mass is 427 g/mol. The van der Waals surface area contributed by atoms with Gasteiger partial charge >= 0.3 is 5.69 Å². The molecule has 1 aliphatic carbocycles. The van der Waals surface area contributed by atoms with Crippen LogP contribution in [0.3, 0.4) is 0 Å². The van der Waals surface area contributed by atoms with Crippen LogP contribution in [0.1, 0.15) is 24.1 Å². The highest BCUT2D eigenvalue weighted by atomic mass is 35.5. The Kier molecular flexibility index (Phi) is 6.81. The van der Waals surface area contributed by atoms with Crippen molar-refractivity contribution < 1.29 is 9.90 Å². The number of rotatable bonds is 7. The van der Waals surface area contributed by atoms with Crippen LogP contribution in [0.4, 0.5) is 5.69 Å². The first-order valence-corrected chi connectivity index (χ1v) is 10.3. The summed E-state index contributed by atoms with van der Waals surface area (Å²) >= 11 is 13.1. The molecule has 6 nitrogen and oxygen atoms in total. The molecule has 144 valence electrons. The number of aliphatic hydroxyl groups is 1. The highest BCUT2D eigenvalue weighted by Gasteiger charge is 2.22. The van der Waals surface area contributed by atoms with E-state index in [4.69, 9.17) is 28.3 Å². The summed E-state index contributed by atoms with van der Waals surface area (Å²) in [5.74, 6) is -0.0730. The number of hydrogen-bond acceptors (Lipinski definition) is 5. The van der Waals surface area contributed by atoms with Gasteiger partial charge in [-0.25, -0.2) is 4.79 Å². The molecule has 0 unspecified atom stereocenters. The van der Waals surface area contributed by atoms with E-state index in [1.165, 1.54) is 11.8 Å². The zero-order valence-electron chi connectivity index (χ0n) is 14.5. The van der Waals surface area contributed by atoms with Crippen LogP contribution in [0.5, 0.6) is 0 Å². The van der Waals surface area contributed by atoms with Crippen LogP contribution >= 0.6 is 35.0 Å². The first kappa shape index (κ1) is 20.2. The Labute approximate surface area is 170 Å². The number of nitrogens with zero attached hydrogens (tertiary/aromatic N) is 2. The Bertz CT molecular complexity index is 917. The van der Waals surface area contributed by atoms with Crippen molar-refractivity contribution in [1.82, 2.24) is 9.55 Å². The van der Waals surface area contributed by atoms with Gasteiger partial charge in [0.1, 0.15) is 5.03 Å². The van der Waals surface area contributed by atoms with Crippen LogP contribution in [0.2, 0.25) is 10.0 Å². The predicted molar refractivity (Wildman–Crippen MR) is 108 cm³/mol. The molecule has 0 bridgehead atoms. The number of halogens is 2. The minimum atomic E-state index is -0.323. The Morgan fingerprint density at radius 1 is 1.30 bits per heavy atom. The van der Waals surface area contributed by atoms with E-state index in [2.05, 4.69) is 10.3 Å². The van der Waals surface area contributed by atoms with Crippen LogP contribution < -0.4 is 11.0 Å². The number of hydrogen-bond donors (Lipinski definition) is 2. The predicted octanol–water partition coefficient (Wildman–Crippen LogP) is 3.15. The second kappa shape index (κ2) is 9.10. The maximum Gasteiger partial charge on any atom is 0.348 e. The summed E-state index contributed by atoms with van der Waals surface area (Å²) in [7, 11) is 0. The normalized spacial score (nSPS) is 12.9. The van der Waals surface area contributed by atoms with Gasteiger partial charge in [-0.2, -0.15) is 4.98 Å². The third-order valence-corrected chi connectivity index (χ3v) is 6.04. The van der Waals surface area contributed by atoms with Gasteiger partial charge in [0.2, 0.25) is 5.91 Å². The van der Waals surface area contributed by atoms with E-state index in [1.807, 2.05) is 0 Å². The van der Waals surface area contributed by atoms with Crippen molar-refractivity contribution in [2.75, 3.05) is 17.7 Å². The molecule has 0 saturated heterocycles. The van der Waals surface area contributed by atoms with Crippen LogP contribution in [0, 0.1) is 0 Å². The summed E-state index contributed by atoms with van der Waals surface area (Å²) in [5, 5.41) is 13.2. The van der Waals surface area contributed by atoms with E-state index < -0.39 is 0 Å². The summed E-state index contributed by atoms with van der Waals surface area (Å²) in [4.78, 5) is 28.7. The third kappa shape index (κ3) is 4.85. The summed E-state index contributed by atoms with van der Waals surface area (Å²) in [5.41, 5.74) is 2.26. The third-order valence-electron chi connectivity index (χ3n) is 4.28. The molecule has 1 aliphatic rings. The fourth-order valence-corrected chi connectivity index (χ4v) is 4.24. The zero-order valence-corrected chi connectivity index (χ0v) is 16.8. The molecule has 0 fully saturated rings. The number of nitrogens with one attached hydrogen (secondary N) is 1. The molecular formula is C18H19Cl2N3O3S. The number of carbonyl (C=O) groups excluding carboxylic acids is 1. The lowest BCUT2D eigenvalue weighted by molar-refractivity contribution is -0.113. The zero-order chi connectivity index (χ0) is 19.4. The average Bonchev–Trinajstić information content (AvgIpc) is 3.12. The number of aromatic nitrogens is 2. The molecule has 0 radical (unpaired) electrons. The first-order valence-electron chi connectivity index (χ1n) is 8.60. The maximum absolute atomic E-state index is 12.3. The molecule has 1 aromatic carbocycles. The Balaban J connectivity index is 1.70. The molecular weight excluding hydrogens is 409 g/mol. The van der Waals surface area contributed by atoms with Crippen molar-refractivity contribution in [3.05, 3.63) is 50.0 Å². The van der Waals surface area contributed by atoms with Crippen LogP contribution in [-0.4, -0.2) is 32.9 Å². The van der Waals surface area contributed by atoms with E-state index in [0.29, 0.717) is 33.7 Å². The van der Waals surface area contributed by atoms with Gasteiger partial charge in [0.15, 0.2) is 0 Å². The molecule has 0 saturated carbocycles. The van der Waals surface area contributed by atoms with E-state index in [1.54, 1.807) is 22.8 Å². The van der Waals surface area contributed by atoms with Gasteiger partial charge in [0.05, 0.1) is 15.8 Å². The molecule has 9 heteroatoms. The molecule has 2 N–H and O–H groups in total. The van der Waals surface area contributed by atoms with Crippen molar-refractivity contribution in [2.45, 2.75) is 37.3 Å². The molecule has 1 heterocycles. The number of thioether (sulfide) groups is 1. The lowest BCUT2D eigenvalue weighted by Crippen LogP contribution is -2.28. The Hall–Kier alpha value is -1.54. The molecule has 2 aromatic rings. The molecule has 3 rings (SSSR count). The molecule has 1 amide bonds. The second-order valence-corrected chi connectivity index (χ2v) is 7.95. The lowest BCUT2D eigenvalue weighted by Gasteiger charge is -2.13. The maximum atomic E-state index is 12.3. The van der Waals surface area contributed by atoms with E-state index >= 15 is 0 Å². The quantitative estimate of drug-likeness (QED) is 0.523. The van der Waals surface area contributed by atoms with Gasteiger partial charge in [-0.15, -0.1) is 0 Å². The highest BCUT2D eigenvalue weighted by molar-refractivity contribution is 8.00. The van der Waals surface area contributed by atoms with Gasteiger partial charge in [-0.05, 0) is 43.9 Å². The van der Waals surface area contributed by atoms with E-state index in [9.17, 15) is 9.59 Å². The van der Waals surface area contributed by atoms with Gasteiger partial charge in [-0.1, -0.05) is 35.0 Å². The molecule has 0 spiro atoms. The molecule has 0 aliphatic heterocycles. The van der Waals surface area contributed by atoms with Crippen molar-refractivity contribution in [3.8, 4) is 0 Å². The number of aliphatic hydroxyl groups excluding tert-OH is 1. The lowest BCUT2D eigenvalue weighted by atomic mass is 10.2. The summed E-state index contributed by atoms with van der Waals surface area (Å²) in [6.07, 6.45) is 3.15. The number of carbonyl (C=O) groups is 1. The number of fused-ring (bicyclic) bond motifs is 1. The minimum absolute atomic E-state index is 0.0343. The van der Waals surface area contributed by atoms with Crippen LogP contribution in [0.15, 0.2) is 28.0 Å². The minimum Gasteiger partial charge on any atom is -0.396 e. The standard InChI is InChI=1S/C18H19Cl2N3O3S/c19-13-6-5-11(9-14(13)20)21-16(25)10-27-17-12-3-1-4-15(12)23(7-2-8-24)18(26)22-17/h5-6,9,24H,1-4,7-8,10H2,(H,21,25). The van der Waals surface area contributed by atoms with Crippen molar-refractivity contribution in [1.29, 1.82) is 0 Å². The Morgan fingerprint density at radius 3 is 2.85 bits per heavy atom. The highest BCUT2D eigenvalue weighted by Crippen LogP contribution is 2.30. The van der Waals surface area contributed by atoms with Crippen molar-refractivity contribution >= 4 is 46.6 Å². The number of benzene rings is 1. The van der Waals surface area contributed by atoms with Gasteiger partial charge < -0.3 is 10.4 Å². The topological polar surface area (TPSA) is 84.2 Å². The summed E-state index contributed by atoms with van der Waals surface area (Å²) in [6.45, 7) is 0.500. The summed E-state index contributed by atoms with van der Waals surface area (Å²) < 4.78 is 1.65. The number of amides is 1. The summed E-state index contributed by atoms with van der Waals surface area (Å²) in [6, 6.07) is 4.88. The average molecular weight is 428 g/mol. The van der Waals surface area contributed by atoms with Gasteiger partial charge in [-0.3, -0.25) is 9.36 Å². The van der Waals surface area contributed by atoms with E-state index in [-0.39, 0.29) is 24.0 Å². The Morgan fingerprint density at radius 2 is 2.11 bits per heavy atom. The van der Waals surface area contributed by atoms with Gasteiger partial charge in [0, 0.05) is 30.1 Å². The largest absolute Gasteiger partial charge is 0.396 e.